The van der Waals surface area contributed by atoms with Gasteiger partial charge in [0, 0.05) is 44.2 Å². The van der Waals surface area contributed by atoms with Crippen LogP contribution in [-0.2, 0) is 6.42 Å². The van der Waals surface area contributed by atoms with Crippen LogP contribution in [0.3, 0.4) is 0 Å². The van der Waals surface area contributed by atoms with Gasteiger partial charge < -0.3 is 10.0 Å². The fourth-order valence-corrected chi connectivity index (χ4v) is 2.85. The molecule has 1 aromatic carbocycles. The second-order valence-corrected chi connectivity index (χ2v) is 6.70. The van der Waals surface area contributed by atoms with Gasteiger partial charge in [-0.2, -0.15) is 13.9 Å². The number of hydrogen-bond acceptors (Lipinski definition) is 4. The van der Waals surface area contributed by atoms with Gasteiger partial charge in [0.25, 0.3) is 5.91 Å². The Morgan fingerprint density at radius 1 is 1.20 bits per heavy atom. The number of amides is 1. The van der Waals surface area contributed by atoms with E-state index in [-0.39, 0.29) is 18.1 Å². The molecule has 0 fully saturated rings. The summed E-state index contributed by atoms with van der Waals surface area (Å²) in [5.74, 6) is 5.13. The lowest BCUT2D eigenvalue weighted by atomic mass is 10.1. The molecule has 6 nitrogen and oxygen atoms in total. The van der Waals surface area contributed by atoms with Crippen LogP contribution in [0.15, 0.2) is 61.1 Å². The second-order valence-electron chi connectivity index (χ2n) is 6.70. The largest absolute Gasteiger partial charge is 0.391 e. The normalized spacial score (nSPS) is 11.6. The van der Waals surface area contributed by atoms with Crippen LogP contribution in [-0.4, -0.2) is 50.4 Å². The van der Waals surface area contributed by atoms with Gasteiger partial charge in [-0.15, -0.1) is 0 Å². The fourth-order valence-electron chi connectivity index (χ4n) is 2.85. The maximum atomic E-state index is 12.7. The highest BCUT2D eigenvalue weighted by atomic mass is 19.3. The molecule has 1 amide bonds. The first-order chi connectivity index (χ1) is 14.4. The summed E-state index contributed by atoms with van der Waals surface area (Å²) in [5.41, 5.74) is 1.94. The highest BCUT2D eigenvalue weighted by molar-refractivity contribution is 5.94. The summed E-state index contributed by atoms with van der Waals surface area (Å²) in [4.78, 5) is 18.1. The van der Waals surface area contributed by atoms with Gasteiger partial charge in [0.15, 0.2) is 0 Å². The third-order valence-corrected chi connectivity index (χ3v) is 4.27. The molecule has 0 saturated carbocycles. The number of rotatable bonds is 6. The van der Waals surface area contributed by atoms with E-state index < -0.39 is 12.7 Å². The maximum Gasteiger partial charge on any atom is 0.333 e. The van der Waals surface area contributed by atoms with Crippen molar-refractivity contribution in [3.05, 3.63) is 83.4 Å². The quantitative estimate of drug-likeness (QED) is 0.635. The summed E-state index contributed by atoms with van der Waals surface area (Å²) < 4.78 is 25.6. The number of likely N-dealkylation sites (N-methyl/N-ethyl adjacent to an activating group) is 1. The van der Waals surface area contributed by atoms with E-state index in [1.807, 2.05) is 30.3 Å². The Morgan fingerprint density at radius 2 is 1.97 bits per heavy atom. The Kier molecular flexibility index (Phi) is 6.88. The standard InChI is InChI=1S/C22H20F2N4O2/c1-27(15-20(29)12-16-5-3-2-4-6-16)21(30)18-11-17(13-25-14-18)7-8-19-9-10-28(26-19)22(23)24/h2-6,9-11,13-14,20,22,29H,12,15H2,1H3/t20-/m0/s1. The smallest absolute Gasteiger partial charge is 0.333 e. The zero-order valence-corrected chi connectivity index (χ0v) is 16.2. The Labute approximate surface area is 172 Å². The average Bonchev–Trinajstić information content (AvgIpc) is 3.22. The number of alkyl halides is 2. The molecule has 30 heavy (non-hydrogen) atoms. The number of carbonyl (C=O) groups excluding carboxylic acids is 1. The van der Waals surface area contributed by atoms with E-state index in [0.29, 0.717) is 22.2 Å². The summed E-state index contributed by atoms with van der Waals surface area (Å²) in [6, 6.07) is 12.5. The van der Waals surface area contributed by atoms with Crippen LogP contribution >= 0.6 is 0 Å². The molecular formula is C22H20F2N4O2. The van der Waals surface area contributed by atoms with Gasteiger partial charge in [-0.3, -0.25) is 9.78 Å². The molecule has 3 rings (SSSR count). The second kappa shape index (κ2) is 9.76. The summed E-state index contributed by atoms with van der Waals surface area (Å²) in [7, 11) is 1.60. The Balaban J connectivity index is 1.64. The minimum atomic E-state index is -2.73. The number of aliphatic hydroxyl groups excluding tert-OH is 1. The van der Waals surface area contributed by atoms with E-state index in [0.717, 1.165) is 11.8 Å². The van der Waals surface area contributed by atoms with Gasteiger partial charge in [0.1, 0.15) is 5.69 Å². The molecule has 1 atom stereocenters. The van der Waals surface area contributed by atoms with Crippen LogP contribution in [0.25, 0.3) is 0 Å². The first-order valence-corrected chi connectivity index (χ1v) is 9.20. The molecule has 0 spiro atoms. The molecule has 0 unspecified atom stereocenters. The molecule has 3 aromatic rings. The molecule has 0 aliphatic heterocycles. The van der Waals surface area contributed by atoms with Crippen molar-refractivity contribution in [2.75, 3.05) is 13.6 Å². The number of hydrogen-bond donors (Lipinski definition) is 1. The molecular weight excluding hydrogens is 390 g/mol. The molecule has 154 valence electrons. The van der Waals surface area contributed by atoms with Gasteiger partial charge in [-0.25, -0.2) is 4.68 Å². The Bertz CT molecular complexity index is 1060. The number of halogens is 2. The summed E-state index contributed by atoms with van der Waals surface area (Å²) in [5, 5.41) is 13.9. The van der Waals surface area contributed by atoms with E-state index in [9.17, 15) is 18.7 Å². The van der Waals surface area contributed by atoms with Crippen LogP contribution in [0.4, 0.5) is 8.78 Å². The van der Waals surface area contributed by atoms with E-state index in [1.165, 1.54) is 23.4 Å². The average molecular weight is 410 g/mol. The van der Waals surface area contributed by atoms with Crippen molar-refractivity contribution in [3.63, 3.8) is 0 Å². The van der Waals surface area contributed by atoms with Gasteiger partial charge in [-0.1, -0.05) is 36.3 Å². The maximum absolute atomic E-state index is 12.7. The summed E-state index contributed by atoms with van der Waals surface area (Å²) in [6.07, 6.45) is 3.76. The van der Waals surface area contributed by atoms with E-state index in [1.54, 1.807) is 13.1 Å². The van der Waals surface area contributed by atoms with Crippen molar-refractivity contribution >= 4 is 5.91 Å². The van der Waals surface area contributed by atoms with Crippen molar-refractivity contribution in [3.8, 4) is 11.8 Å². The van der Waals surface area contributed by atoms with E-state index in [4.69, 9.17) is 0 Å². The molecule has 0 radical (unpaired) electrons. The Hall–Kier alpha value is -3.57. The number of nitrogens with zero attached hydrogens (tertiary/aromatic N) is 4. The zero-order valence-electron chi connectivity index (χ0n) is 16.2. The molecule has 2 aromatic heterocycles. The molecule has 0 aliphatic rings. The SMILES string of the molecule is CN(C[C@@H](O)Cc1ccccc1)C(=O)c1cncc(C#Cc2ccn(C(F)F)n2)c1. The predicted molar refractivity (Wildman–Crippen MR) is 107 cm³/mol. The number of aliphatic hydroxyl groups is 1. The van der Waals surface area contributed by atoms with E-state index >= 15 is 0 Å². The van der Waals surface area contributed by atoms with Crippen LogP contribution in [0.2, 0.25) is 0 Å². The first-order valence-electron chi connectivity index (χ1n) is 9.20. The van der Waals surface area contributed by atoms with Crippen LogP contribution < -0.4 is 0 Å². The van der Waals surface area contributed by atoms with E-state index in [2.05, 4.69) is 21.9 Å². The number of pyridine rings is 1. The fraction of sp³-hybridized carbons (Fsp3) is 0.227. The lowest BCUT2D eigenvalue weighted by Gasteiger charge is -2.21. The Morgan fingerprint density at radius 3 is 2.67 bits per heavy atom. The van der Waals surface area contributed by atoms with Gasteiger partial charge in [0.05, 0.1) is 11.7 Å². The van der Waals surface area contributed by atoms with Crippen molar-refractivity contribution in [2.24, 2.45) is 0 Å². The highest BCUT2D eigenvalue weighted by Crippen LogP contribution is 2.10. The lowest BCUT2D eigenvalue weighted by Crippen LogP contribution is -2.35. The third-order valence-electron chi connectivity index (χ3n) is 4.27. The van der Waals surface area contributed by atoms with Gasteiger partial charge in [-0.05, 0) is 23.6 Å². The molecule has 0 aliphatic carbocycles. The van der Waals surface area contributed by atoms with Crippen LogP contribution in [0, 0.1) is 11.8 Å². The van der Waals surface area contributed by atoms with Crippen molar-refractivity contribution in [2.45, 2.75) is 19.1 Å². The predicted octanol–water partition coefficient (Wildman–Crippen LogP) is 2.75. The number of carbonyl (C=O) groups is 1. The molecule has 0 bridgehead atoms. The van der Waals surface area contributed by atoms with Crippen molar-refractivity contribution in [1.29, 1.82) is 0 Å². The molecule has 0 saturated heterocycles. The zero-order chi connectivity index (χ0) is 21.5. The van der Waals surface area contributed by atoms with Crippen LogP contribution in [0.5, 0.6) is 0 Å². The number of aromatic nitrogens is 3. The van der Waals surface area contributed by atoms with Crippen molar-refractivity contribution in [1.82, 2.24) is 19.7 Å². The molecule has 1 N–H and O–H groups in total. The lowest BCUT2D eigenvalue weighted by molar-refractivity contribution is 0.0564. The third kappa shape index (κ3) is 5.72. The minimum absolute atomic E-state index is 0.161. The minimum Gasteiger partial charge on any atom is -0.391 e. The van der Waals surface area contributed by atoms with Gasteiger partial charge in [0.2, 0.25) is 0 Å². The highest BCUT2D eigenvalue weighted by Gasteiger charge is 2.16. The summed E-state index contributed by atoms with van der Waals surface area (Å²) >= 11 is 0. The first kappa shape index (κ1) is 21.1. The number of benzene rings is 1. The molecule has 2 heterocycles. The van der Waals surface area contributed by atoms with Crippen LogP contribution in [0.1, 0.15) is 33.7 Å². The molecule has 8 heteroatoms. The van der Waals surface area contributed by atoms with Crippen molar-refractivity contribution < 1.29 is 18.7 Å². The topological polar surface area (TPSA) is 71.2 Å². The van der Waals surface area contributed by atoms with Gasteiger partial charge >= 0.3 is 6.55 Å². The summed E-state index contributed by atoms with van der Waals surface area (Å²) in [6.45, 7) is -2.56. The monoisotopic (exact) mass is 410 g/mol.